The largest absolute Gasteiger partial charge is 0.477 e. The fourth-order valence-electron chi connectivity index (χ4n) is 2.85. The van der Waals surface area contributed by atoms with Gasteiger partial charge in [0.05, 0.1) is 10.9 Å². The highest BCUT2D eigenvalue weighted by molar-refractivity contribution is 6.08. The lowest BCUT2D eigenvalue weighted by Gasteiger charge is -2.01. The lowest BCUT2D eigenvalue weighted by atomic mass is 10.1. The van der Waals surface area contributed by atoms with Gasteiger partial charge in [0.15, 0.2) is 0 Å². The Bertz CT molecular complexity index is 1110. The Morgan fingerprint density at radius 3 is 2.48 bits per heavy atom. The Kier molecular flexibility index (Phi) is 2.81. The quantitative estimate of drug-likeness (QED) is 0.530. The maximum Gasteiger partial charge on any atom is 0.341 e. The van der Waals surface area contributed by atoms with E-state index in [0.717, 1.165) is 16.8 Å². The molecule has 0 aliphatic heterocycles. The van der Waals surface area contributed by atoms with Crippen molar-refractivity contribution in [2.75, 3.05) is 0 Å². The van der Waals surface area contributed by atoms with Crippen molar-refractivity contribution < 1.29 is 9.90 Å². The SMILES string of the molecule is O=C(O)c1c[nH]c2ccc3[nH]c(-c4ccccc4)cc3c2c1=O. The summed E-state index contributed by atoms with van der Waals surface area (Å²) in [6, 6.07) is 15.3. The highest BCUT2D eigenvalue weighted by atomic mass is 16.4. The summed E-state index contributed by atoms with van der Waals surface area (Å²) in [6.45, 7) is 0. The summed E-state index contributed by atoms with van der Waals surface area (Å²) in [6.07, 6.45) is 1.24. The van der Waals surface area contributed by atoms with Gasteiger partial charge in [-0.1, -0.05) is 30.3 Å². The normalized spacial score (nSPS) is 11.1. The molecule has 2 aromatic heterocycles. The minimum atomic E-state index is -1.23. The van der Waals surface area contributed by atoms with Crippen LogP contribution in [0.3, 0.4) is 0 Å². The first-order valence-corrected chi connectivity index (χ1v) is 7.11. The molecule has 0 atom stereocenters. The molecule has 0 bridgehead atoms. The first-order valence-electron chi connectivity index (χ1n) is 7.11. The van der Waals surface area contributed by atoms with Crippen LogP contribution < -0.4 is 5.43 Å². The molecule has 4 aromatic rings. The van der Waals surface area contributed by atoms with Crippen molar-refractivity contribution in [2.24, 2.45) is 0 Å². The second-order valence-corrected chi connectivity index (χ2v) is 5.34. The number of hydrogen-bond donors (Lipinski definition) is 3. The molecule has 0 saturated carbocycles. The molecule has 5 heteroatoms. The van der Waals surface area contributed by atoms with E-state index < -0.39 is 11.4 Å². The fourth-order valence-corrected chi connectivity index (χ4v) is 2.85. The van der Waals surface area contributed by atoms with Gasteiger partial charge < -0.3 is 15.1 Å². The Labute approximate surface area is 130 Å². The second kappa shape index (κ2) is 4.84. The molecule has 0 amide bonds. The molecule has 0 saturated heterocycles. The number of carboxylic acid groups (broad SMARTS) is 1. The van der Waals surface area contributed by atoms with Crippen LogP contribution in [0.2, 0.25) is 0 Å². The number of fused-ring (bicyclic) bond motifs is 3. The van der Waals surface area contributed by atoms with Crippen molar-refractivity contribution in [1.29, 1.82) is 0 Å². The van der Waals surface area contributed by atoms with Crippen LogP contribution in [0, 0.1) is 0 Å². The molecular formula is C18H12N2O3. The Hall–Kier alpha value is -3.34. The first-order chi connectivity index (χ1) is 11.1. The van der Waals surface area contributed by atoms with Gasteiger partial charge in [-0.25, -0.2) is 4.79 Å². The molecule has 2 heterocycles. The predicted octanol–water partition coefficient (Wildman–Crippen LogP) is 3.37. The van der Waals surface area contributed by atoms with E-state index in [-0.39, 0.29) is 5.56 Å². The number of carbonyl (C=O) groups is 1. The Morgan fingerprint density at radius 1 is 1.00 bits per heavy atom. The summed E-state index contributed by atoms with van der Waals surface area (Å²) in [7, 11) is 0. The van der Waals surface area contributed by atoms with E-state index in [0.29, 0.717) is 16.3 Å². The molecule has 0 aliphatic rings. The molecule has 0 spiro atoms. The zero-order valence-electron chi connectivity index (χ0n) is 12.0. The number of aromatic nitrogens is 2. The third kappa shape index (κ3) is 2.02. The smallest absolute Gasteiger partial charge is 0.341 e. The molecule has 2 aromatic carbocycles. The summed E-state index contributed by atoms with van der Waals surface area (Å²) in [4.78, 5) is 29.9. The summed E-state index contributed by atoms with van der Waals surface area (Å²) in [5.74, 6) is -1.23. The molecule has 0 aliphatic carbocycles. The average Bonchev–Trinajstić information content (AvgIpc) is 2.99. The minimum absolute atomic E-state index is 0.257. The van der Waals surface area contributed by atoms with Gasteiger partial charge in [-0.15, -0.1) is 0 Å². The zero-order chi connectivity index (χ0) is 16.0. The van der Waals surface area contributed by atoms with Crippen molar-refractivity contribution in [3.8, 4) is 11.3 Å². The third-order valence-electron chi connectivity index (χ3n) is 3.96. The van der Waals surface area contributed by atoms with Gasteiger partial charge in [0, 0.05) is 22.8 Å². The van der Waals surface area contributed by atoms with Crippen LogP contribution in [0.15, 0.2) is 59.5 Å². The predicted molar refractivity (Wildman–Crippen MR) is 88.8 cm³/mol. The Morgan fingerprint density at radius 2 is 1.74 bits per heavy atom. The maximum atomic E-state index is 12.5. The number of hydrogen-bond acceptors (Lipinski definition) is 2. The molecule has 3 N–H and O–H groups in total. The van der Waals surface area contributed by atoms with Crippen molar-refractivity contribution in [3.63, 3.8) is 0 Å². The van der Waals surface area contributed by atoms with E-state index in [2.05, 4.69) is 9.97 Å². The zero-order valence-corrected chi connectivity index (χ0v) is 12.0. The lowest BCUT2D eigenvalue weighted by Crippen LogP contribution is -2.15. The monoisotopic (exact) mass is 304 g/mol. The van der Waals surface area contributed by atoms with Crippen LogP contribution >= 0.6 is 0 Å². The first kappa shape index (κ1) is 13.3. The number of pyridine rings is 1. The number of aromatic carboxylic acids is 1. The Balaban J connectivity index is 2.08. The standard InChI is InChI=1S/C18H12N2O3/c21-17-12(18(22)23)9-19-14-7-6-13-11(16(14)17)8-15(20-13)10-4-2-1-3-5-10/h1-9,20H,(H,19,21)(H,22,23). The van der Waals surface area contributed by atoms with Gasteiger partial charge in [0.2, 0.25) is 5.43 Å². The third-order valence-corrected chi connectivity index (χ3v) is 3.96. The van der Waals surface area contributed by atoms with Gasteiger partial charge in [-0.05, 0) is 23.8 Å². The van der Waals surface area contributed by atoms with E-state index in [1.54, 1.807) is 6.07 Å². The lowest BCUT2D eigenvalue weighted by molar-refractivity contribution is 0.0695. The summed E-state index contributed by atoms with van der Waals surface area (Å²) in [5.41, 5.74) is 2.56. The molecular weight excluding hydrogens is 292 g/mol. The van der Waals surface area contributed by atoms with Crippen LogP contribution in [0.25, 0.3) is 33.1 Å². The minimum Gasteiger partial charge on any atom is -0.477 e. The number of nitrogens with one attached hydrogen (secondary N) is 2. The van der Waals surface area contributed by atoms with E-state index in [9.17, 15) is 9.59 Å². The molecule has 23 heavy (non-hydrogen) atoms. The number of benzene rings is 2. The average molecular weight is 304 g/mol. The second-order valence-electron chi connectivity index (χ2n) is 5.34. The van der Waals surface area contributed by atoms with Crippen molar-refractivity contribution >= 4 is 27.8 Å². The highest BCUT2D eigenvalue weighted by Gasteiger charge is 2.15. The highest BCUT2D eigenvalue weighted by Crippen LogP contribution is 2.28. The van der Waals surface area contributed by atoms with E-state index >= 15 is 0 Å². The van der Waals surface area contributed by atoms with Gasteiger partial charge in [-0.2, -0.15) is 0 Å². The van der Waals surface area contributed by atoms with Crippen molar-refractivity contribution in [3.05, 3.63) is 70.5 Å². The van der Waals surface area contributed by atoms with Crippen LogP contribution in [0.5, 0.6) is 0 Å². The maximum absolute atomic E-state index is 12.5. The van der Waals surface area contributed by atoms with E-state index in [1.807, 2.05) is 42.5 Å². The van der Waals surface area contributed by atoms with Crippen LogP contribution in [-0.2, 0) is 0 Å². The van der Waals surface area contributed by atoms with Crippen LogP contribution in [0.4, 0.5) is 0 Å². The summed E-state index contributed by atoms with van der Waals surface area (Å²) in [5, 5.41) is 10.3. The van der Waals surface area contributed by atoms with Crippen LogP contribution in [-0.4, -0.2) is 21.0 Å². The molecule has 0 fully saturated rings. The summed E-state index contributed by atoms with van der Waals surface area (Å²) >= 11 is 0. The van der Waals surface area contributed by atoms with Gasteiger partial charge >= 0.3 is 5.97 Å². The number of rotatable bonds is 2. The van der Waals surface area contributed by atoms with E-state index in [1.165, 1.54) is 6.20 Å². The molecule has 4 rings (SSSR count). The fraction of sp³-hybridized carbons (Fsp3) is 0. The molecule has 112 valence electrons. The van der Waals surface area contributed by atoms with Gasteiger partial charge in [0.1, 0.15) is 5.56 Å². The molecule has 0 unspecified atom stereocenters. The van der Waals surface area contributed by atoms with Crippen molar-refractivity contribution in [1.82, 2.24) is 9.97 Å². The molecule has 0 radical (unpaired) electrons. The van der Waals surface area contributed by atoms with E-state index in [4.69, 9.17) is 5.11 Å². The summed E-state index contributed by atoms with van der Waals surface area (Å²) < 4.78 is 0. The van der Waals surface area contributed by atoms with Crippen molar-refractivity contribution in [2.45, 2.75) is 0 Å². The number of carboxylic acids is 1. The number of aromatic amines is 2. The molecule has 5 nitrogen and oxygen atoms in total. The van der Waals surface area contributed by atoms with Crippen LogP contribution in [0.1, 0.15) is 10.4 Å². The van der Waals surface area contributed by atoms with Gasteiger partial charge in [-0.3, -0.25) is 4.79 Å². The topological polar surface area (TPSA) is 85.9 Å². The van der Waals surface area contributed by atoms with Gasteiger partial charge in [0.25, 0.3) is 0 Å². The number of H-pyrrole nitrogens is 2.